The highest BCUT2D eigenvalue weighted by atomic mass is 79.9. The monoisotopic (exact) mass is 2630 g/mol. The number of esters is 8. The van der Waals surface area contributed by atoms with Gasteiger partial charge in [0.05, 0.1) is 168 Å². The summed E-state index contributed by atoms with van der Waals surface area (Å²) in [6, 6.07) is 23.5. The first-order valence-corrected chi connectivity index (χ1v) is 53.9. The number of rotatable bonds is 33. The molecule has 0 aliphatic carbocycles. The van der Waals surface area contributed by atoms with Gasteiger partial charge in [-0.05, 0) is 204 Å². The van der Waals surface area contributed by atoms with E-state index in [1.165, 1.54) is 66.7 Å². The van der Waals surface area contributed by atoms with Crippen LogP contribution in [0.5, 0.6) is 0 Å². The van der Waals surface area contributed by atoms with E-state index in [2.05, 4.69) is 155 Å². The van der Waals surface area contributed by atoms with E-state index in [0.717, 1.165) is 54.6 Å². The molecule has 142 heavy (non-hydrogen) atoms. The van der Waals surface area contributed by atoms with E-state index in [4.69, 9.17) is 5.53 Å². The number of carbonyl (C=O) groups excluding carboxylic acids is 8. The Kier molecular flexibility index (Phi) is 55.7. The third kappa shape index (κ3) is 53.5. The topological polar surface area (TPSA) is 717 Å². The van der Waals surface area contributed by atoms with Crippen LogP contribution in [0.15, 0.2) is 158 Å². The maximum absolute atomic E-state index is 13.5. The van der Waals surface area contributed by atoms with Gasteiger partial charge in [-0.25, -0.2) is 158 Å². The molecule has 0 bridgehead atoms. The maximum Gasteiger partial charge on any atom is 0.344 e. The minimum absolute atomic E-state index is 0.0506. The highest BCUT2D eigenvalue weighted by molar-refractivity contribution is 9.11. The molecule has 0 aliphatic heterocycles. The van der Waals surface area contributed by atoms with E-state index < -0.39 is 314 Å². The number of halogens is 19. The smallest absolute Gasteiger partial charge is 0.344 e. The Hall–Kier alpha value is -9.37. The Balaban J connectivity index is 0.000000813. The van der Waals surface area contributed by atoms with Crippen LogP contribution >= 0.6 is 112 Å². The van der Waals surface area contributed by atoms with Crippen LogP contribution in [0.4, 0.5) is 58.4 Å². The molecule has 0 amide bonds. The van der Waals surface area contributed by atoms with Crippen LogP contribution in [0, 0.1) is 69.8 Å². The number of ether oxygens (including phenoxy) is 8. The summed E-state index contributed by atoms with van der Waals surface area (Å²) >= 11 is 20.4. The van der Waals surface area contributed by atoms with Crippen molar-refractivity contribution in [2.75, 3.05) is 98.9 Å². The highest BCUT2D eigenvalue weighted by Gasteiger charge is 2.31. The summed E-state index contributed by atoms with van der Waals surface area (Å²) in [5, 5.41) is 2.40. The fourth-order valence-electron chi connectivity index (χ4n) is 8.12. The number of nitrogens with zero attached hydrogens (tertiary/aromatic N) is 3. The van der Waals surface area contributed by atoms with Crippen molar-refractivity contribution in [1.82, 2.24) is 0 Å². The van der Waals surface area contributed by atoms with Crippen LogP contribution in [-0.2, 0) is 119 Å². The summed E-state index contributed by atoms with van der Waals surface area (Å²) in [6.45, 7) is -5.23. The molecule has 8 aromatic carbocycles. The van der Waals surface area contributed by atoms with Crippen molar-refractivity contribution >= 4 is 246 Å². The summed E-state index contributed by atoms with van der Waals surface area (Å²) in [6.07, 6.45) is 0. The Morgan fingerprint density at radius 2 is 0.599 bits per heavy atom. The van der Waals surface area contributed by atoms with Crippen molar-refractivity contribution in [3.05, 3.63) is 277 Å². The molecule has 0 aromatic heterocycles. The lowest BCUT2D eigenvalue weighted by Crippen LogP contribution is -2.18. The van der Waals surface area contributed by atoms with Gasteiger partial charge in [0.15, 0.2) is 29.1 Å². The average Bonchev–Trinajstić information content (AvgIpc) is 0.775. The molecule has 0 radical (unpaired) electrons. The number of hydrogen-bond donors (Lipinski definition) is 0. The van der Waals surface area contributed by atoms with Gasteiger partial charge in [0.2, 0.25) is 0 Å². The lowest BCUT2D eigenvalue weighted by molar-refractivity contribution is 0.0504. The second-order valence-corrected chi connectivity index (χ2v) is 42.9. The Bertz CT molecular complexity index is 6750. The average molecular weight is 2640 g/mol. The quantitative estimate of drug-likeness (QED) is 0.00539. The van der Waals surface area contributed by atoms with E-state index in [0.29, 0.717) is 4.47 Å². The molecule has 70 heteroatoms. The summed E-state index contributed by atoms with van der Waals surface area (Å²) in [7, 11) is -35.9. The zero-order valence-electron chi connectivity index (χ0n) is 69.0. The molecule has 43 nitrogen and oxygen atoms in total. The van der Waals surface area contributed by atoms with Crippen LogP contribution in [0.3, 0.4) is 0 Å². The Morgan fingerprint density at radius 1 is 0.275 bits per heavy atom. The largest absolute Gasteiger partial charge is 0.748 e. The molecule has 8 rings (SSSR count). The van der Waals surface area contributed by atoms with E-state index in [9.17, 15) is 195 Å². The van der Waals surface area contributed by atoms with Crippen molar-refractivity contribution in [1.29, 1.82) is 0 Å². The number of benzene rings is 8. The van der Waals surface area contributed by atoms with E-state index in [1.54, 1.807) is 0 Å². The number of hydrogen-bond acceptors (Lipinski definition) is 41. The summed E-state index contributed by atoms with van der Waals surface area (Å²) < 4.78 is 441. The number of carbonyl (C=O) groups is 8. The van der Waals surface area contributed by atoms with Gasteiger partial charge in [-0.3, -0.25) is 0 Å². The third-order valence-corrected chi connectivity index (χ3v) is 24.1. The van der Waals surface area contributed by atoms with Gasteiger partial charge >= 0.3 is 47.8 Å². The van der Waals surface area contributed by atoms with Gasteiger partial charge in [0.1, 0.15) is 116 Å². The molecule has 8 aromatic rings. The van der Waals surface area contributed by atoms with Gasteiger partial charge in [0.25, 0.3) is 0 Å². The molecule has 0 spiro atoms. The fraction of sp³-hybridized carbons (Fsp3) is 0.222. The van der Waals surface area contributed by atoms with Crippen molar-refractivity contribution in [2.45, 2.75) is 0 Å². The van der Waals surface area contributed by atoms with Gasteiger partial charge in [-0.2, -0.15) is 0 Å². The standard InChI is InChI=1S/C9H7BrF2O5S.6C9H8BrFO5S.C9H5F4N3O5S/c10-5-3-6(11)8(7(12)4-5)9(13)17-1-2-18(14,15)16;10-8-2-1-6(11)5-7(8)9(12)16-3-4-17(13,14)15;10-7-5-6(1-2-8(7)11)9(12)16-3-4-17(13,14)15;10-8-5-6(11)1-2-7(8)9(12)16-3-4-17(13,14)15;10-6-2-1-3-7(11)8(6)9(12)16-4-5-17(13,14)15;10-8-6(2-1-3-7(8)11)9(12)16-4-5-17(13,14)15;10-7-3-1-2-6(8(7)11)9(12)16-4-5-17(13,14)15;10-4-3(9(17)21-1-2-22(18,19)20)5(11)7(13)8(6(4)12)15-16-14/h3-4H,1-2H2,(H,14,15,16);3*1-2,5H,3-4H2,(H,13,14,15);3*1-3H,4-5H2,(H,13,14,15);1-2H2,(H,18,19,20)/p-8. The maximum atomic E-state index is 13.5. The minimum atomic E-state index is -4.77. The van der Waals surface area contributed by atoms with E-state index in [-0.39, 0.29) is 60.2 Å². The molecule has 0 unspecified atom stereocenters. The van der Waals surface area contributed by atoms with Crippen LogP contribution < -0.4 is 0 Å². The van der Waals surface area contributed by atoms with E-state index in [1.807, 2.05) is 4.91 Å². The molecule has 784 valence electrons. The van der Waals surface area contributed by atoms with Gasteiger partial charge in [0, 0.05) is 22.8 Å². The zero-order chi connectivity index (χ0) is 109. The first-order valence-electron chi connectivity index (χ1n) is 35.7. The Labute approximate surface area is 852 Å². The van der Waals surface area contributed by atoms with Crippen molar-refractivity contribution in [3.63, 3.8) is 0 Å². The van der Waals surface area contributed by atoms with Crippen molar-refractivity contribution in [2.24, 2.45) is 5.11 Å². The molecule has 0 atom stereocenters. The second kappa shape index (κ2) is 60.5. The normalized spacial score (nSPS) is 11.2. The fourth-order valence-corrected chi connectivity index (χ4v) is 13.4. The first kappa shape index (κ1) is 131. The first-order chi connectivity index (χ1) is 65.1. The Morgan fingerprint density at radius 3 is 0.986 bits per heavy atom. The van der Waals surface area contributed by atoms with Crippen LogP contribution in [0.1, 0.15) is 82.9 Å². The molecule has 0 heterocycles. The molecule has 0 saturated heterocycles. The highest BCUT2D eigenvalue weighted by Crippen LogP contribution is 2.32. The van der Waals surface area contributed by atoms with Gasteiger partial charge in [-0.1, -0.05) is 39.2 Å². The lowest BCUT2D eigenvalue weighted by atomic mass is 10.1. The van der Waals surface area contributed by atoms with Crippen LogP contribution in [0.25, 0.3) is 10.4 Å². The molecule has 0 aliphatic rings. The molecule has 0 fully saturated rings. The SMILES string of the molecule is O=C(OCCS(=O)(=O)[O-])c1c(F)cc(Br)cc1F.O=C(OCCS(=O)(=O)[O-])c1c(F)cccc1Br.O=C(OCCS(=O)(=O)[O-])c1cc(F)ccc1Br.O=C(OCCS(=O)(=O)[O-])c1ccc(F)c(Br)c1.O=C(OCCS(=O)(=O)[O-])c1ccc(F)cc1Br.O=C(OCCS(=O)(=O)[O-])c1cccc(Br)c1F.O=C(OCCS(=O)(=O)[O-])c1cccc(F)c1Br.[N-]=[N+]=Nc1c(F)c(F)c(C(=O)OCCS(=O)(=O)[O-])c(F)c1F. The molecular formula is C72H52Br7F12N3O40S8-8. The third-order valence-electron chi connectivity index (χ3n) is 14.3. The zero-order valence-corrected chi connectivity index (χ0v) is 86.6. The van der Waals surface area contributed by atoms with Crippen molar-refractivity contribution < 1.29 is 233 Å². The van der Waals surface area contributed by atoms with E-state index >= 15 is 0 Å². The second-order valence-electron chi connectivity index (χ2n) is 24.8. The van der Waals surface area contributed by atoms with Gasteiger partial charge < -0.3 is 74.3 Å². The summed E-state index contributed by atoms with van der Waals surface area (Å²) in [5.41, 5.74) is 2.94. The summed E-state index contributed by atoms with van der Waals surface area (Å²) in [5.74, 6) is -30.8. The summed E-state index contributed by atoms with van der Waals surface area (Å²) in [4.78, 5) is 92.7. The molecule has 0 N–H and O–H groups in total. The molecule has 0 saturated carbocycles. The molecular weight excluding hydrogens is 2590 g/mol. The number of azide groups is 1. The minimum Gasteiger partial charge on any atom is -0.748 e. The lowest BCUT2D eigenvalue weighted by Gasteiger charge is -2.10. The van der Waals surface area contributed by atoms with Crippen LogP contribution in [-0.4, -0.2) is 250 Å². The van der Waals surface area contributed by atoms with Crippen molar-refractivity contribution in [3.8, 4) is 0 Å². The predicted molar refractivity (Wildman–Crippen MR) is 473 cm³/mol. The van der Waals surface area contributed by atoms with Crippen LogP contribution in [0.2, 0.25) is 0 Å². The van der Waals surface area contributed by atoms with Gasteiger partial charge in [-0.15, -0.1) is 0 Å². The predicted octanol–water partition coefficient (Wildman–Crippen LogP) is 11.1.